The van der Waals surface area contributed by atoms with Crippen LogP contribution < -0.4 is 5.32 Å². The van der Waals surface area contributed by atoms with Crippen molar-refractivity contribution < 1.29 is 37.0 Å². The minimum Gasteiger partial charge on any atom is -0.475 e. The van der Waals surface area contributed by atoms with E-state index in [2.05, 4.69) is 21.5 Å². The second-order valence-electron chi connectivity index (χ2n) is 7.83. The molecule has 2 aromatic rings. The van der Waals surface area contributed by atoms with E-state index < -0.39 is 12.1 Å². The van der Waals surface area contributed by atoms with Gasteiger partial charge < -0.3 is 19.6 Å². The third-order valence-corrected chi connectivity index (χ3v) is 5.51. The number of nitrogens with one attached hydrogen (secondary N) is 1. The summed E-state index contributed by atoms with van der Waals surface area (Å²) in [6, 6.07) is 3.39. The van der Waals surface area contributed by atoms with Crippen molar-refractivity contribution in [2.75, 3.05) is 26.2 Å². The molecule has 0 bridgehead atoms. The Morgan fingerprint density at radius 3 is 2.72 bits per heavy atom. The average molecular weight is 458 g/mol. The molecule has 12 heteroatoms. The molecule has 2 aromatic heterocycles. The number of aryl methyl sites for hydroxylation is 1. The Bertz CT molecular complexity index is 899. The summed E-state index contributed by atoms with van der Waals surface area (Å²) in [6.07, 6.45) is 1.64. The van der Waals surface area contributed by atoms with Gasteiger partial charge in [0.25, 0.3) is 5.91 Å². The third-order valence-electron chi connectivity index (χ3n) is 5.51. The third kappa shape index (κ3) is 6.33. The number of aromatic nitrogens is 2. The van der Waals surface area contributed by atoms with Crippen molar-refractivity contribution >= 4 is 11.9 Å². The highest BCUT2D eigenvalue weighted by atomic mass is 19.4. The van der Waals surface area contributed by atoms with Crippen LogP contribution >= 0.6 is 0 Å². The molecule has 2 saturated heterocycles. The second-order valence-corrected chi connectivity index (χ2v) is 7.83. The fourth-order valence-electron chi connectivity index (χ4n) is 3.95. The quantitative estimate of drug-likeness (QED) is 0.704. The van der Waals surface area contributed by atoms with Gasteiger partial charge in [0.1, 0.15) is 0 Å². The Hall–Kier alpha value is -2.86. The van der Waals surface area contributed by atoms with Crippen LogP contribution in [0.1, 0.15) is 22.5 Å². The molecular formula is C20H25F3N4O5. The average Bonchev–Trinajstić information content (AvgIpc) is 3.47. The molecular weight excluding hydrogens is 433 g/mol. The lowest BCUT2D eigenvalue weighted by atomic mass is 9.84. The summed E-state index contributed by atoms with van der Waals surface area (Å²) in [4.78, 5) is 23.4. The van der Waals surface area contributed by atoms with Gasteiger partial charge in [-0.1, -0.05) is 0 Å². The number of amides is 1. The first-order valence-electron chi connectivity index (χ1n) is 10.1. The van der Waals surface area contributed by atoms with Crippen LogP contribution in [0.5, 0.6) is 0 Å². The number of nitrogens with zero attached hydrogens (tertiary/aromatic N) is 3. The zero-order valence-electron chi connectivity index (χ0n) is 17.4. The SMILES string of the molecule is Cn1cc(CN2CC[C@H]3CO[C@H](CNC(=O)c4ccco4)[C@H]3C2)cn1.O=C(O)C(F)(F)F. The molecule has 0 aliphatic carbocycles. The first-order valence-corrected chi connectivity index (χ1v) is 10.1. The Labute approximate surface area is 182 Å². The molecule has 32 heavy (non-hydrogen) atoms. The summed E-state index contributed by atoms with van der Waals surface area (Å²) in [5.41, 5.74) is 1.24. The maximum absolute atomic E-state index is 12.1. The number of hydrogen-bond donors (Lipinski definition) is 2. The van der Waals surface area contributed by atoms with Gasteiger partial charge in [0.2, 0.25) is 0 Å². The maximum atomic E-state index is 12.1. The fraction of sp³-hybridized carbons (Fsp3) is 0.550. The van der Waals surface area contributed by atoms with Crippen LogP contribution in [0, 0.1) is 11.8 Å². The van der Waals surface area contributed by atoms with Gasteiger partial charge in [0.15, 0.2) is 5.76 Å². The number of carbonyl (C=O) groups is 2. The van der Waals surface area contributed by atoms with E-state index in [-0.39, 0.29) is 12.0 Å². The zero-order chi connectivity index (χ0) is 23.3. The standard InChI is InChI=1S/C18H24N4O3.C2HF3O2/c1-21-9-13(7-20-21)10-22-5-4-14-12-25-17(15(14)11-22)8-19-18(23)16-3-2-6-24-16;3-2(4,5)1(6)7/h2-3,6-7,9,14-15,17H,4-5,8,10-12H2,1H3,(H,19,23);(H,6,7)/t14-,15-,17+;/m0./s1. The second kappa shape index (κ2) is 10.2. The Morgan fingerprint density at radius 1 is 1.38 bits per heavy atom. The van der Waals surface area contributed by atoms with Crippen LogP contribution in [0.15, 0.2) is 35.2 Å². The normalized spacial score (nSPS) is 23.2. The number of furan rings is 1. The van der Waals surface area contributed by atoms with E-state index >= 15 is 0 Å². The zero-order valence-corrected chi connectivity index (χ0v) is 17.4. The summed E-state index contributed by atoms with van der Waals surface area (Å²) in [6.45, 7) is 4.34. The van der Waals surface area contributed by atoms with E-state index in [1.54, 1.807) is 12.1 Å². The highest BCUT2D eigenvalue weighted by Crippen LogP contribution is 2.34. The molecule has 2 fully saturated rings. The van der Waals surface area contributed by atoms with Gasteiger partial charge in [-0.15, -0.1) is 0 Å². The molecule has 176 valence electrons. The predicted octanol–water partition coefficient (Wildman–Crippen LogP) is 1.91. The van der Waals surface area contributed by atoms with Crippen LogP contribution in [-0.2, 0) is 23.1 Å². The van der Waals surface area contributed by atoms with Gasteiger partial charge in [-0.2, -0.15) is 18.3 Å². The van der Waals surface area contributed by atoms with Gasteiger partial charge >= 0.3 is 12.1 Å². The molecule has 0 radical (unpaired) electrons. The van der Waals surface area contributed by atoms with E-state index in [0.29, 0.717) is 24.1 Å². The van der Waals surface area contributed by atoms with Crippen molar-refractivity contribution in [3.63, 3.8) is 0 Å². The van der Waals surface area contributed by atoms with Gasteiger partial charge in [-0.3, -0.25) is 14.4 Å². The van der Waals surface area contributed by atoms with Crippen molar-refractivity contribution in [2.24, 2.45) is 18.9 Å². The lowest BCUT2D eigenvalue weighted by molar-refractivity contribution is -0.192. The molecule has 4 heterocycles. The first-order chi connectivity index (χ1) is 15.1. The summed E-state index contributed by atoms with van der Waals surface area (Å²) >= 11 is 0. The van der Waals surface area contributed by atoms with Crippen LogP contribution in [0.25, 0.3) is 0 Å². The Balaban J connectivity index is 0.000000360. The summed E-state index contributed by atoms with van der Waals surface area (Å²) < 4.78 is 44.7. The number of aliphatic carboxylic acids is 1. The molecule has 2 aliphatic heterocycles. The number of alkyl halides is 3. The minimum atomic E-state index is -5.08. The topological polar surface area (TPSA) is 110 Å². The first kappa shape index (κ1) is 23.8. The van der Waals surface area contributed by atoms with Crippen molar-refractivity contribution in [3.05, 3.63) is 42.1 Å². The minimum absolute atomic E-state index is 0.0700. The smallest absolute Gasteiger partial charge is 0.475 e. The van der Waals surface area contributed by atoms with Crippen LogP contribution in [0.2, 0.25) is 0 Å². The van der Waals surface area contributed by atoms with Gasteiger partial charge in [-0.25, -0.2) is 4.79 Å². The van der Waals surface area contributed by atoms with Gasteiger partial charge in [0.05, 0.1) is 25.2 Å². The number of likely N-dealkylation sites (tertiary alicyclic amines) is 1. The van der Waals surface area contributed by atoms with Crippen molar-refractivity contribution in [1.82, 2.24) is 20.0 Å². The van der Waals surface area contributed by atoms with E-state index in [1.165, 1.54) is 11.8 Å². The molecule has 0 unspecified atom stereocenters. The molecule has 3 atom stereocenters. The number of rotatable bonds is 5. The van der Waals surface area contributed by atoms with Gasteiger partial charge in [0, 0.05) is 44.4 Å². The van der Waals surface area contributed by atoms with E-state index in [1.807, 2.05) is 17.9 Å². The molecule has 4 rings (SSSR count). The molecule has 2 aliphatic rings. The van der Waals surface area contributed by atoms with Crippen LogP contribution in [0.3, 0.4) is 0 Å². The highest BCUT2D eigenvalue weighted by Gasteiger charge is 2.41. The molecule has 0 saturated carbocycles. The number of carboxylic acid groups (broad SMARTS) is 1. The predicted molar refractivity (Wildman–Crippen MR) is 105 cm³/mol. The van der Waals surface area contributed by atoms with E-state index in [9.17, 15) is 18.0 Å². The van der Waals surface area contributed by atoms with Gasteiger partial charge in [-0.05, 0) is 31.0 Å². The van der Waals surface area contributed by atoms with Crippen molar-refractivity contribution in [2.45, 2.75) is 25.2 Å². The molecule has 2 N–H and O–H groups in total. The number of halogens is 3. The molecule has 0 spiro atoms. The number of ether oxygens (including phenoxy) is 1. The number of piperidine rings is 1. The monoisotopic (exact) mass is 458 g/mol. The number of carbonyl (C=O) groups excluding carboxylic acids is 1. The largest absolute Gasteiger partial charge is 0.490 e. The Morgan fingerprint density at radius 2 is 2.12 bits per heavy atom. The number of hydrogen-bond acceptors (Lipinski definition) is 6. The molecule has 1 amide bonds. The maximum Gasteiger partial charge on any atom is 0.490 e. The van der Waals surface area contributed by atoms with Crippen LogP contribution in [-0.4, -0.2) is 70.2 Å². The van der Waals surface area contributed by atoms with Crippen molar-refractivity contribution in [1.29, 1.82) is 0 Å². The van der Waals surface area contributed by atoms with E-state index in [4.69, 9.17) is 19.1 Å². The number of carboxylic acids is 1. The number of fused-ring (bicyclic) bond motifs is 1. The summed E-state index contributed by atoms with van der Waals surface area (Å²) in [5, 5.41) is 14.3. The Kier molecular flexibility index (Phi) is 7.56. The lowest BCUT2D eigenvalue weighted by Crippen LogP contribution is -2.45. The summed E-state index contributed by atoms with van der Waals surface area (Å²) in [5.74, 6) is -1.54. The van der Waals surface area contributed by atoms with E-state index in [0.717, 1.165) is 32.7 Å². The molecule has 0 aromatic carbocycles. The van der Waals surface area contributed by atoms with Crippen LogP contribution in [0.4, 0.5) is 13.2 Å². The fourth-order valence-corrected chi connectivity index (χ4v) is 3.95. The molecule has 9 nitrogen and oxygen atoms in total. The highest BCUT2D eigenvalue weighted by molar-refractivity contribution is 5.91. The lowest BCUT2D eigenvalue weighted by Gasteiger charge is -2.35. The van der Waals surface area contributed by atoms with Crippen molar-refractivity contribution in [3.8, 4) is 0 Å². The summed E-state index contributed by atoms with van der Waals surface area (Å²) in [7, 11) is 1.94.